The Balaban J connectivity index is 2.44. The highest BCUT2D eigenvalue weighted by Gasteiger charge is 2.21. The predicted octanol–water partition coefficient (Wildman–Crippen LogP) is 1.85. The van der Waals surface area contributed by atoms with E-state index >= 15 is 0 Å². The van der Waals surface area contributed by atoms with Crippen LogP contribution >= 0.6 is 0 Å². The molecule has 1 amide bonds. The fourth-order valence-corrected chi connectivity index (χ4v) is 1.97. The third kappa shape index (κ3) is 3.10. The number of hydrogen-bond acceptors (Lipinski definition) is 4. The summed E-state index contributed by atoms with van der Waals surface area (Å²) in [4.78, 5) is 27.0. The van der Waals surface area contributed by atoms with E-state index in [1.807, 2.05) is 24.3 Å². The summed E-state index contributed by atoms with van der Waals surface area (Å²) in [6, 6.07) is 8.60. The highest BCUT2D eigenvalue weighted by molar-refractivity contribution is 6.01. The number of carboxylic acid groups (broad SMARTS) is 1. The quantitative estimate of drug-likeness (QED) is 0.778. The zero-order chi connectivity index (χ0) is 15.6. The molecule has 21 heavy (non-hydrogen) atoms. The van der Waals surface area contributed by atoms with E-state index in [4.69, 9.17) is 10.8 Å². The zero-order valence-electron chi connectivity index (χ0n) is 11.8. The number of nitrogens with zero attached hydrogens (tertiary/aromatic N) is 1. The Morgan fingerprint density at radius 1 is 1.29 bits per heavy atom. The fourth-order valence-electron chi connectivity index (χ4n) is 1.97. The summed E-state index contributed by atoms with van der Waals surface area (Å²) in [6.45, 7) is 3.31. The molecule has 6 heteroatoms. The molecule has 0 aliphatic heterocycles. The topological polar surface area (TPSA) is 105 Å². The molecule has 0 saturated heterocycles. The fraction of sp³-hybridized carbons (Fsp3) is 0.267. The van der Waals surface area contributed by atoms with Gasteiger partial charge in [-0.1, -0.05) is 18.2 Å². The molecule has 0 saturated carbocycles. The molecule has 2 atom stereocenters. The van der Waals surface area contributed by atoms with E-state index in [1.165, 1.54) is 0 Å². The average Bonchev–Trinajstić information content (AvgIpc) is 2.45. The van der Waals surface area contributed by atoms with Crippen LogP contribution in [0.2, 0.25) is 0 Å². The number of anilines is 1. The summed E-state index contributed by atoms with van der Waals surface area (Å²) >= 11 is 0. The van der Waals surface area contributed by atoms with E-state index in [0.29, 0.717) is 11.3 Å². The predicted molar refractivity (Wildman–Crippen MR) is 80.1 cm³/mol. The minimum Gasteiger partial charge on any atom is -0.481 e. The summed E-state index contributed by atoms with van der Waals surface area (Å²) < 4.78 is 0. The number of carbonyl (C=O) groups is 2. The largest absolute Gasteiger partial charge is 0.481 e. The van der Waals surface area contributed by atoms with Crippen molar-refractivity contribution >= 4 is 28.6 Å². The summed E-state index contributed by atoms with van der Waals surface area (Å²) in [7, 11) is 0. The van der Waals surface area contributed by atoms with E-state index in [2.05, 4.69) is 10.3 Å². The van der Waals surface area contributed by atoms with Gasteiger partial charge in [0, 0.05) is 11.4 Å². The number of primary amides is 1. The van der Waals surface area contributed by atoms with Crippen LogP contribution in [-0.4, -0.2) is 28.0 Å². The Hall–Kier alpha value is -2.63. The number of pyridine rings is 1. The van der Waals surface area contributed by atoms with Crippen LogP contribution in [0.1, 0.15) is 24.2 Å². The normalized spacial score (nSPS) is 13.6. The number of rotatable bonds is 5. The van der Waals surface area contributed by atoms with Crippen molar-refractivity contribution in [2.75, 3.05) is 5.32 Å². The van der Waals surface area contributed by atoms with Gasteiger partial charge in [-0.2, -0.15) is 0 Å². The van der Waals surface area contributed by atoms with Crippen molar-refractivity contribution in [2.45, 2.75) is 19.9 Å². The lowest BCUT2D eigenvalue weighted by atomic mass is 10.0. The molecule has 1 aromatic carbocycles. The van der Waals surface area contributed by atoms with Crippen molar-refractivity contribution in [3.05, 3.63) is 35.9 Å². The Morgan fingerprint density at radius 2 is 1.95 bits per heavy atom. The van der Waals surface area contributed by atoms with Crippen molar-refractivity contribution in [3.8, 4) is 0 Å². The second-order valence-electron chi connectivity index (χ2n) is 5.00. The van der Waals surface area contributed by atoms with E-state index in [-0.39, 0.29) is 5.56 Å². The Morgan fingerprint density at radius 3 is 2.57 bits per heavy atom. The highest BCUT2D eigenvalue weighted by atomic mass is 16.4. The molecule has 1 aromatic heterocycles. The lowest BCUT2D eigenvalue weighted by molar-refractivity contribution is -0.141. The average molecular weight is 287 g/mol. The van der Waals surface area contributed by atoms with E-state index < -0.39 is 23.8 Å². The molecule has 1 heterocycles. The van der Waals surface area contributed by atoms with E-state index in [9.17, 15) is 9.59 Å². The lowest BCUT2D eigenvalue weighted by Gasteiger charge is -2.20. The second kappa shape index (κ2) is 5.78. The van der Waals surface area contributed by atoms with Crippen molar-refractivity contribution in [3.63, 3.8) is 0 Å². The maximum atomic E-state index is 11.6. The summed E-state index contributed by atoms with van der Waals surface area (Å²) in [5, 5.41) is 12.8. The Labute approximate surface area is 122 Å². The number of hydrogen-bond donors (Lipinski definition) is 3. The lowest BCUT2D eigenvalue weighted by Crippen LogP contribution is -2.31. The molecule has 0 fully saturated rings. The minimum absolute atomic E-state index is 0.248. The maximum Gasteiger partial charge on any atom is 0.308 e. The summed E-state index contributed by atoms with van der Waals surface area (Å²) in [5.74, 6) is -1.84. The molecule has 0 spiro atoms. The van der Waals surface area contributed by atoms with E-state index in [0.717, 1.165) is 5.39 Å². The summed E-state index contributed by atoms with van der Waals surface area (Å²) in [6.07, 6.45) is 0. The van der Waals surface area contributed by atoms with Gasteiger partial charge in [0.1, 0.15) is 5.82 Å². The Kier molecular flexibility index (Phi) is 4.07. The first-order valence-electron chi connectivity index (χ1n) is 6.59. The van der Waals surface area contributed by atoms with Crippen LogP contribution in [0.15, 0.2) is 30.3 Å². The third-order valence-corrected chi connectivity index (χ3v) is 3.49. The van der Waals surface area contributed by atoms with Crippen molar-refractivity contribution < 1.29 is 14.7 Å². The SMILES string of the molecule is CC(Nc1nc2ccccc2cc1C(N)=O)C(C)C(=O)O. The summed E-state index contributed by atoms with van der Waals surface area (Å²) in [5.41, 5.74) is 6.34. The van der Waals surface area contributed by atoms with Gasteiger partial charge in [-0.25, -0.2) is 4.98 Å². The van der Waals surface area contributed by atoms with Gasteiger partial charge < -0.3 is 16.2 Å². The number of fused-ring (bicyclic) bond motifs is 1. The monoisotopic (exact) mass is 287 g/mol. The van der Waals surface area contributed by atoms with E-state index in [1.54, 1.807) is 19.9 Å². The van der Waals surface area contributed by atoms with Crippen LogP contribution in [0.4, 0.5) is 5.82 Å². The van der Waals surface area contributed by atoms with Gasteiger partial charge in [0.25, 0.3) is 5.91 Å². The third-order valence-electron chi connectivity index (χ3n) is 3.49. The Bertz CT molecular complexity index is 700. The molecule has 2 unspecified atom stereocenters. The zero-order valence-corrected chi connectivity index (χ0v) is 11.8. The molecule has 6 nitrogen and oxygen atoms in total. The number of para-hydroxylation sites is 1. The van der Waals surface area contributed by atoms with Crippen molar-refractivity contribution in [1.29, 1.82) is 0 Å². The van der Waals surface area contributed by atoms with Gasteiger partial charge in [-0.05, 0) is 26.0 Å². The molecule has 2 aromatic rings. The van der Waals surface area contributed by atoms with Gasteiger partial charge in [0.15, 0.2) is 0 Å². The first kappa shape index (κ1) is 14.8. The van der Waals surface area contributed by atoms with Crippen LogP contribution < -0.4 is 11.1 Å². The number of aromatic nitrogens is 1. The molecule has 110 valence electrons. The first-order valence-corrected chi connectivity index (χ1v) is 6.59. The van der Waals surface area contributed by atoms with Gasteiger partial charge in [0.05, 0.1) is 17.0 Å². The molecular formula is C15H17N3O3. The molecule has 0 aliphatic carbocycles. The van der Waals surface area contributed by atoms with Crippen molar-refractivity contribution in [1.82, 2.24) is 4.98 Å². The van der Waals surface area contributed by atoms with Crippen LogP contribution in [0.5, 0.6) is 0 Å². The molecule has 2 rings (SSSR count). The van der Waals surface area contributed by atoms with Crippen LogP contribution in [0, 0.1) is 5.92 Å². The maximum absolute atomic E-state index is 11.6. The number of aliphatic carboxylic acids is 1. The number of carboxylic acids is 1. The van der Waals surface area contributed by atoms with Gasteiger partial charge >= 0.3 is 5.97 Å². The molecule has 0 radical (unpaired) electrons. The highest BCUT2D eigenvalue weighted by Crippen LogP contribution is 2.22. The number of nitrogens with one attached hydrogen (secondary N) is 1. The van der Waals surface area contributed by atoms with Crippen LogP contribution in [0.3, 0.4) is 0 Å². The number of benzene rings is 1. The van der Waals surface area contributed by atoms with Gasteiger partial charge in [0.2, 0.25) is 0 Å². The molecule has 0 bridgehead atoms. The first-order chi connectivity index (χ1) is 9.90. The molecular weight excluding hydrogens is 270 g/mol. The van der Waals surface area contributed by atoms with Crippen molar-refractivity contribution in [2.24, 2.45) is 11.7 Å². The number of carbonyl (C=O) groups excluding carboxylic acids is 1. The van der Waals surface area contributed by atoms with Crippen LogP contribution in [0.25, 0.3) is 10.9 Å². The molecule has 4 N–H and O–H groups in total. The van der Waals surface area contributed by atoms with Gasteiger partial charge in [-0.15, -0.1) is 0 Å². The number of amides is 1. The van der Waals surface area contributed by atoms with Gasteiger partial charge in [-0.3, -0.25) is 9.59 Å². The second-order valence-corrected chi connectivity index (χ2v) is 5.00. The number of nitrogens with two attached hydrogens (primary N) is 1. The minimum atomic E-state index is -0.920. The standard InChI is InChI=1S/C15H17N3O3/c1-8(15(20)21)9(2)17-14-11(13(16)19)7-10-5-3-4-6-12(10)18-14/h3-9H,1-2H3,(H2,16,19)(H,17,18)(H,20,21). The van der Waals surface area contributed by atoms with Crippen LogP contribution in [-0.2, 0) is 4.79 Å². The smallest absolute Gasteiger partial charge is 0.308 e. The molecule has 0 aliphatic rings.